The summed E-state index contributed by atoms with van der Waals surface area (Å²) >= 11 is 0. The normalized spacial score (nSPS) is 17.8. The number of rotatable bonds is 7. The quantitative estimate of drug-likeness (QED) is 0.688. The molecular weight excluding hydrogens is 413 g/mol. The maximum atomic E-state index is 14.8. The second-order valence-electron chi connectivity index (χ2n) is 7.86. The fourth-order valence-corrected chi connectivity index (χ4v) is 3.75. The van der Waals surface area contributed by atoms with E-state index in [0.717, 1.165) is 25.6 Å². The smallest absolute Gasteiger partial charge is 0.414 e. The number of nitrogens with one attached hydrogen (secondary N) is 1. The van der Waals surface area contributed by atoms with Crippen molar-refractivity contribution in [2.75, 3.05) is 44.7 Å². The fourth-order valence-electron chi connectivity index (χ4n) is 3.75. The Balaban J connectivity index is 0.00000141. The van der Waals surface area contributed by atoms with Gasteiger partial charge < -0.3 is 20.1 Å². The topological polar surface area (TPSA) is 82.1 Å². The highest BCUT2D eigenvalue weighted by Gasteiger charge is 2.32. The molecule has 172 valence electrons. The lowest BCUT2D eigenvalue weighted by atomic mass is 10.0. The maximum absolute atomic E-state index is 14.8. The van der Waals surface area contributed by atoms with Gasteiger partial charge in [-0.2, -0.15) is 0 Å². The van der Waals surface area contributed by atoms with E-state index in [1.54, 1.807) is 12.1 Å². The van der Waals surface area contributed by atoms with Crippen LogP contribution in [-0.4, -0.2) is 67.9 Å². The van der Waals surface area contributed by atoms with E-state index in [2.05, 4.69) is 10.2 Å². The number of hydrogen-bond acceptors (Lipinski definition) is 5. The third-order valence-corrected chi connectivity index (χ3v) is 5.65. The molecule has 1 atom stereocenters. The lowest BCUT2D eigenvalue weighted by Gasteiger charge is -2.30. The van der Waals surface area contributed by atoms with Crippen molar-refractivity contribution in [3.63, 3.8) is 0 Å². The number of benzene rings is 2. The minimum absolute atomic E-state index is 0.188. The number of hydrogen-bond donors (Lipinski definition) is 2. The molecule has 0 aromatic heterocycles. The monoisotopic (exact) mass is 443 g/mol. The fraction of sp³-hybridized carbons (Fsp3) is 0.417. The van der Waals surface area contributed by atoms with Crippen molar-refractivity contribution in [1.29, 1.82) is 0 Å². The Morgan fingerprint density at radius 2 is 1.91 bits per heavy atom. The van der Waals surface area contributed by atoms with Crippen LogP contribution in [0.5, 0.6) is 0 Å². The standard InChI is InChI=1S/C23H26FN3O3.CH4O/c1-16(28)25-14-20-15-27(23(29)30-20)19-7-8-21(22(24)13-19)18-5-3-17(4-6-18)9-12-26-10-2-11-26;1-2/h3-8,13,20H,2,9-12,14-15H2,1H3,(H,25,28);2H,1H3. The van der Waals surface area contributed by atoms with Crippen LogP contribution in [0.2, 0.25) is 0 Å². The maximum Gasteiger partial charge on any atom is 0.414 e. The van der Waals surface area contributed by atoms with Crippen molar-refractivity contribution in [3.8, 4) is 11.1 Å². The van der Waals surface area contributed by atoms with Gasteiger partial charge in [0.2, 0.25) is 5.91 Å². The van der Waals surface area contributed by atoms with Crippen LogP contribution in [0.25, 0.3) is 11.1 Å². The van der Waals surface area contributed by atoms with E-state index in [4.69, 9.17) is 9.84 Å². The Bertz CT molecular complexity index is 931. The molecule has 2 N–H and O–H groups in total. The van der Waals surface area contributed by atoms with Crippen molar-refractivity contribution in [2.45, 2.75) is 25.9 Å². The predicted molar refractivity (Wildman–Crippen MR) is 121 cm³/mol. The van der Waals surface area contributed by atoms with Crippen molar-refractivity contribution < 1.29 is 23.8 Å². The van der Waals surface area contributed by atoms with Gasteiger partial charge in [-0.3, -0.25) is 9.69 Å². The summed E-state index contributed by atoms with van der Waals surface area (Å²) in [5.41, 5.74) is 2.99. The average molecular weight is 444 g/mol. The molecule has 7 nitrogen and oxygen atoms in total. The Hall–Kier alpha value is -2.97. The summed E-state index contributed by atoms with van der Waals surface area (Å²) in [7, 11) is 1.00. The molecule has 0 radical (unpaired) electrons. The number of ether oxygens (including phenoxy) is 1. The summed E-state index contributed by atoms with van der Waals surface area (Å²) in [6.07, 6.45) is 1.30. The summed E-state index contributed by atoms with van der Waals surface area (Å²) < 4.78 is 20.1. The molecule has 0 bridgehead atoms. The molecule has 4 rings (SSSR count). The van der Waals surface area contributed by atoms with E-state index >= 15 is 0 Å². The lowest BCUT2D eigenvalue weighted by molar-refractivity contribution is -0.119. The zero-order valence-electron chi connectivity index (χ0n) is 18.5. The van der Waals surface area contributed by atoms with Crippen LogP contribution in [0.15, 0.2) is 42.5 Å². The molecule has 2 aliphatic rings. The molecule has 2 saturated heterocycles. The second-order valence-corrected chi connectivity index (χ2v) is 7.86. The Kier molecular flexibility index (Phi) is 8.19. The first-order valence-corrected chi connectivity index (χ1v) is 10.8. The first kappa shape index (κ1) is 23.7. The number of cyclic esters (lactones) is 1. The van der Waals surface area contributed by atoms with E-state index in [1.165, 1.54) is 43.0 Å². The minimum Gasteiger partial charge on any atom is -0.442 e. The van der Waals surface area contributed by atoms with Crippen molar-refractivity contribution >= 4 is 17.7 Å². The molecule has 2 amide bonds. The third kappa shape index (κ3) is 5.83. The zero-order chi connectivity index (χ0) is 23.1. The van der Waals surface area contributed by atoms with Gasteiger partial charge in [0.05, 0.1) is 18.8 Å². The Morgan fingerprint density at radius 1 is 1.19 bits per heavy atom. The van der Waals surface area contributed by atoms with Crippen LogP contribution in [0.3, 0.4) is 0 Å². The summed E-state index contributed by atoms with van der Waals surface area (Å²) in [5.74, 6) is -0.578. The van der Waals surface area contributed by atoms with Crippen molar-refractivity contribution in [2.24, 2.45) is 0 Å². The first-order chi connectivity index (χ1) is 15.5. The number of carbonyl (C=O) groups excluding carboxylic acids is 2. The van der Waals surface area contributed by atoms with Crippen LogP contribution in [-0.2, 0) is 16.0 Å². The highest BCUT2D eigenvalue weighted by Crippen LogP contribution is 2.29. The van der Waals surface area contributed by atoms with Gasteiger partial charge in [0.25, 0.3) is 0 Å². The number of nitrogens with zero attached hydrogens (tertiary/aromatic N) is 2. The number of aliphatic hydroxyl groups excluding tert-OH is 1. The van der Waals surface area contributed by atoms with E-state index in [0.29, 0.717) is 11.3 Å². The molecular formula is C24H30FN3O4. The van der Waals surface area contributed by atoms with Gasteiger partial charge in [-0.15, -0.1) is 0 Å². The molecule has 0 saturated carbocycles. The molecule has 2 aromatic rings. The highest BCUT2D eigenvalue weighted by atomic mass is 19.1. The number of halogens is 1. The van der Waals surface area contributed by atoms with Crippen molar-refractivity contribution in [3.05, 3.63) is 53.8 Å². The number of anilines is 1. The van der Waals surface area contributed by atoms with Gasteiger partial charge in [-0.25, -0.2) is 9.18 Å². The summed E-state index contributed by atoms with van der Waals surface area (Å²) in [6, 6.07) is 12.7. The van der Waals surface area contributed by atoms with Gasteiger partial charge >= 0.3 is 6.09 Å². The first-order valence-electron chi connectivity index (χ1n) is 10.8. The number of likely N-dealkylation sites (tertiary alicyclic amines) is 1. The molecule has 2 heterocycles. The van der Waals surface area contributed by atoms with Crippen LogP contribution in [0.1, 0.15) is 18.9 Å². The van der Waals surface area contributed by atoms with E-state index in [-0.39, 0.29) is 24.8 Å². The van der Waals surface area contributed by atoms with E-state index in [1.807, 2.05) is 24.3 Å². The van der Waals surface area contributed by atoms with Crippen LogP contribution in [0.4, 0.5) is 14.9 Å². The Morgan fingerprint density at radius 3 is 2.50 bits per heavy atom. The second kappa shape index (κ2) is 11.1. The molecule has 0 spiro atoms. The third-order valence-electron chi connectivity index (χ3n) is 5.65. The summed E-state index contributed by atoms with van der Waals surface area (Å²) in [4.78, 5) is 27.0. The highest BCUT2D eigenvalue weighted by molar-refractivity contribution is 5.90. The van der Waals surface area contributed by atoms with Gasteiger partial charge in [0.1, 0.15) is 11.9 Å². The van der Waals surface area contributed by atoms with Gasteiger partial charge in [0.15, 0.2) is 0 Å². The molecule has 1 unspecified atom stereocenters. The molecule has 8 heteroatoms. The lowest BCUT2D eigenvalue weighted by Crippen LogP contribution is -2.38. The van der Waals surface area contributed by atoms with E-state index in [9.17, 15) is 14.0 Å². The van der Waals surface area contributed by atoms with Gasteiger partial charge in [-0.05, 0) is 55.3 Å². The molecule has 2 fully saturated rings. The van der Waals surface area contributed by atoms with Crippen LogP contribution < -0.4 is 10.2 Å². The number of carbonyl (C=O) groups is 2. The summed E-state index contributed by atoms with van der Waals surface area (Å²) in [6.45, 7) is 5.35. The minimum atomic E-state index is -0.538. The van der Waals surface area contributed by atoms with Gasteiger partial charge in [0, 0.05) is 26.1 Å². The Labute approximate surface area is 187 Å². The predicted octanol–water partition coefficient (Wildman–Crippen LogP) is 2.81. The largest absolute Gasteiger partial charge is 0.442 e. The molecule has 2 aliphatic heterocycles. The number of aliphatic hydroxyl groups is 1. The molecule has 32 heavy (non-hydrogen) atoms. The van der Waals surface area contributed by atoms with Crippen LogP contribution >= 0.6 is 0 Å². The van der Waals surface area contributed by atoms with Crippen LogP contribution in [0, 0.1) is 5.82 Å². The number of amides is 2. The SMILES string of the molecule is CC(=O)NCC1CN(c2ccc(-c3ccc(CCN4CCC4)cc3)c(F)c2)C(=O)O1.CO. The summed E-state index contributed by atoms with van der Waals surface area (Å²) in [5, 5.41) is 9.63. The zero-order valence-corrected chi connectivity index (χ0v) is 18.5. The van der Waals surface area contributed by atoms with Gasteiger partial charge in [-0.1, -0.05) is 24.3 Å². The van der Waals surface area contributed by atoms with E-state index < -0.39 is 12.2 Å². The van der Waals surface area contributed by atoms with Crippen molar-refractivity contribution in [1.82, 2.24) is 10.2 Å². The molecule has 2 aromatic carbocycles. The average Bonchev–Trinajstić information content (AvgIpc) is 3.14. The molecule has 0 aliphatic carbocycles.